The molecule has 1 aliphatic rings. The third-order valence-electron chi connectivity index (χ3n) is 2.69. The molecule has 3 heteroatoms. The monoisotopic (exact) mass is 248 g/mol. The summed E-state index contributed by atoms with van der Waals surface area (Å²) in [5, 5.41) is 0. The van der Waals surface area contributed by atoms with Crippen molar-refractivity contribution >= 4 is 9.84 Å². The highest BCUT2D eigenvalue weighted by molar-refractivity contribution is 7.90. The van der Waals surface area contributed by atoms with Crippen LogP contribution in [0.4, 0.5) is 0 Å². The van der Waals surface area contributed by atoms with Crippen molar-refractivity contribution in [1.29, 1.82) is 0 Å². The summed E-state index contributed by atoms with van der Waals surface area (Å²) in [6, 6.07) is 9.32. The van der Waals surface area contributed by atoms with Gasteiger partial charge in [0, 0.05) is 0 Å². The number of rotatable bonds is 4. The molecule has 2 rings (SSSR count). The van der Waals surface area contributed by atoms with Gasteiger partial charge in [-0.1, -0.05) is 48.6 Å². The summed E-state index contributed by atoms with van der Waals surface area (Å²) in [5.74, 6) is 0.275. The van der Waals surface area contributed by atoms with Crippen LogP contribution >= 0.6 is 0 Å². The zero-order valence-corrected chi connectivity index (χ0v) is 10.5. The maximum absolute atomic E-state index is 12.0. The summed E-state index contributed by atoms with van der Waals surface area (Å²) in [5.41, 5.74) is 1.78. The number of hydrogen-bond donors (Lipinski definition) is 0. The smallest absolute Gasteiger partial charge is 0.158 e. The van der Waals surface area contributed by atoms with Crippen LogP contribution in [0.2, 0.25) is 0 Å². The molecule has 0 unspecified atom stereocenters. The second-order valence-corrected chi connectivity index (χ2v) is 6.34. The molecule has 2 nitrogen and oxygen atoms in total. The first-order valence-electron chi connectivity index (χ1n) is 5.76. The standard InChI is InChI=1S/C14H16O2S/c15-17(16,11-13-7-3-1-4-8-13)12-14-9-5-2-6-10-14/h1,3-5,7-10H,2,6,11-12H2. The zero-order chi connectivity index (χ0) is 12.1. The van der Waals surface area contributed by atoms with E-state index >= 15 is 0 Å². The van der Waals surface area contributed by atoms with Crippen molar-refractivity contribution in [2.75, 3.05) is 5.75 Å². The van der Waals surface area contributed by atoms with E-state index in [1.54, 1.807) is 0 Å². The lowest BCUT2D eigenvalue weighted by atomic mass is 10.1. The molecule has 0 radical (unpaired) electrons. The van der Waals surface area contributed by atoms with Gasteiger partial charge in [0.05, 0.1) is 11.5 Å². The number of benzene rings is 1. The quantitative estimate of drug-likeness (QED) is 0.821. The van der Waals surface area contributed by atoms with Crippen LogP contribution in [0, 0.1) is 0 Å². The van der Waals surface area contributed by atoms with Crippen molar-refractivity contribution in [3.05, 3.63) is 59.7 Å². The average molecular weight is 248 g/mol. The van der Waals surface area contributed by atoms with Gasteiger partial charge in [-0.25, -0.2) is 8.42 Å². The Kier molecular flexibility index (Phi) is 3.79. The summed E-state index contributed by atoms with van der Waals surface area (Å²) < 4.78 is 24.0. The Bertz CT molecular complexity index is 525. The average Bonchev–Trinajstić information content (AvgIpc) is 2.30. The molecular weight excluding hydrogens is 232 g/mol. The fraction of sp³-hybridized carbons (Fsp3) is 0.286. The molecule has 0 atom stereocenters. The van der Waals surface area contributed by atoms with Crippen molar-refractivity contribution in [3.8, 4) is 0 Å². The van der Waals surface area contributed by atoms with Crippen LogP contribution in [0.3, 0.4) is 0 Å². The highest BCUT2D eigenvalue weighted by Gasteiger charge is 2.14. The third kappa shape index (κ3) is 3.86. The molecule has 0 aliphatic heterocycles. The molecular formula is C14H16O2S. The Hall–Kier alpha value is -1.35. The van der Waals surface area contributed by atoms with Gasteiger partial charge in [0.1, 0.15) is 0 Å². The Morgan fingerprint density at radius 2 is 1.76 bits per heavy atom. The molecule has 0 bridgehead atoms. The molecule has 0 fully saturated rings. The Labute approximate surface area is 103 Å². The Morgan fingerprint density at radius 1 is 1.00 bits per heavy atom. The first kappa shape index (κ1) is 12.1. The Balaban J connectivity index is 2.05. The largest absolute Gasteiger partial charge is 0.228 e. The van der Waals surface area contributed by atoms with Gasteiger partial charge in [0.2, 0.25) is 0 Å². The van der Waals surface area contributed by atoms with E-state index < -0.39 is 9.84 Å². The van der Waals surface area contributed by atoms with Gasteiger partial charge in [0.25, 0.3) is 0 Å². The van der Waals surface area contributed by atoms with E-state index in [1.807, 2.05) is 48.6 Å². The second kappa shape index (κ2) is 5.32. The number of hydrogen-bond acceptors (Lipinski definition) is 2. The highest BCUT2D eigenvalue weighted by Crippen LogP contribution is 2.14. The second-order valence-electron chi connectivity index (χ2n) is 4.28. The van der Waals surface area contributed by atoms with Crippen molar-refractivity contribution in [3.63, 3.8) is 0 Å². The third-order valence-corrected chi connectivity index (χ3v) is 4.23. The predicted octanol–water partition coefficient (Wildman–Crippen LogP) is 2.88. The fourth-order valence-corrected chi connectivity index (χ4v) is 3.43. The fourth-order valence-electron chi connectivity index (χ4n) is 1.91. The van der Waals surface area contributed by atoms with Gasteiger partial charge in [-0.2, -0.15) is 0 Å². The molecule has 0 heterocycles. The molecule has 1 aliphatic carbocycles. The normalized spacial score (nSPS) is 15.6. The van der Waals surface area contributed by atoms with Crippen LogP contribution in [0.5, 0.6) is 0 Å². The van der Waals surface area contributed by atoms with E-state index in [9.17, 15) is 8.42 Å². The molecule has 0 spiro atoms. The van der Waals surface area contributed by atoms with Crippen LogP contribution in [-0.4, -0.2) is 14.2 Å². The highest BCUT2D eigenvalue weighted by atomic mass is 32.2. The van der Waals surface area contributed by atoms with Crippen molar-refractivity contribution < 1.29 is 8.42 Å². The van der Waals surface area contributed by atoms with Gasteiger partial charge >= 0.3 is 0 Å². The van der Waals surface area contributed by atoms with Crippen LogP contribution in [0.15, 0.2) is 54.1 Å². The van der Waals surface area contributed by atoms with Gasteiger partial charge < -0.3 is 0 Å². The van der Waals surface area contributed by atoms with Crippen LogP contribution < -0.4 is 0 Å². The maximum Gasteiger partial charge on any atom is 0.158 e. The van der Waals surface area contributed by atoms with Crippen molar-refractivity contribution in [1.82, 2.24) is 0 Å². The predicted molar refractivity (Wildman–Crippen MR) is 70.4 cm³/mol. The molecule has 1 aromatic rings. The Morgan fingerprint density at radius 3 is 2.41 bits per heavy atom. The number of sulfone groups is 1. The lowest BCUT2D eigenvalue weighted by molar-refractivity contribution is 0.597. The van der Waals surface area contributed by atoms with Crippen molar-refractivity contribution in [2.24, 2.45) is 0 Å². The zero-order valence-electron chi connectivity index (χ0n) is 9.67. The maximum atomic E-state index is 12.0. The topological polar surface area (TPSA) is 34.1 Å². The van der Waals surface area contributed by atoms with E-state index in [0.29, 0.717) is 0 Å². The molecule has 0 N–H and O–H groups in total. The van der Waals surface area contributed by atoms with Crippen LogP contribution in [0.25, 0.3) is 0 Å². The molecule has 1 aromatic carbocycles. The summed E-state index contributed by atoms with van der Waals surface area (Å²) in [4.78, 5) is 0. The summed E-state index contributed by atoms with van der Waals surface area (Å²) in [6.07, 6.45) is 7.94. The summed E-state index contributed by atoms with van der Waals surface area (Å²) in [6.45, 7) is 0. The van der Waals surface area contributed by atoms with Crippen molar-refractivity contribution in [2.45, 2.75) is 18.6 Å². The van der Waals surface area contributed by atoms with Gasteiger partial charge in [-0.05, 0) is 24.0 Å². The van der Waals surface area contributed by atoms with Crippen LogP contribution in [0.1, 0.15) is 18.4 Å². The minimum absolute atomic E-state index is 0.124. The molecule has 0 saturated carbocycles. The lowest BCUT2D eigenvalue weighted by Crippen LogP contribution is -2.11. The van der Waals surface area contributed by atoms with Gasteiger partial charge in [-0.3, -0.25) is 0 Å². The van der Waals surface area contributed by atoms with Gasteiger partial charge in [-0.15, -0.1) is 0 Å². The van der Waals surface area contributed by atoms with Gasteiger partial charge in [0.15, 0.2) is 9.84 Å². The summed E-state index contributed by atoms with van der Waals surface area (Å²) in [7, 11) is -3.05. The molecule has 17 heavy (non-hydrogen) atoms. The molecule has 0 amide bonds. The minimum Gasteiger partial charge on any atom is -0.228 e. The van der Waals surface area contributed by atoms with E-state index in [1.165, 1.54) is 0 Å². The van der Waals surface area contributed by atoms with E-state index in [2.05, 4.69) is 0 Å². The summed E-state index contributed by atoms with van der Waals surface area (Å²) >= 11 is 0. The molecule has 0 saturated heterocycles. The van der Waals surface area contributed by atoms with E-state index in [4.69, 9.17) is 0 Å². The van der Waals surface area contributed by atoms with E-state index in [-0.39, 0.29) is 11.5 Å². The minimum atomic E-state index is -3.05. The molecule has 90 valence electrons. The lowest BCUT2D eigenvalue weighted by Gasteiger charge is -2.08. The molecule has 0 aromatic heterocycles. The SMILES string of the molecule is O=S(=O)(CC1=CCCC=C1)Cc1ccccc1. The van der Waals surface area contributed by atoms with Crippen LogP contribution in [-0.2, 0) is 15.6 Å². The first-order chi connectivity index (χ1) is 8.16. The first-order valence-corrected chi connectivity index (χ1v) is 7.58. The van der Waals surface area contributed by atoms with E-state index in [0.717, 1.165) is 24.0 Å². The number of allylic oxidation sites excluding steroid dienone is 3.